The van der Waals surface area contributed by atoms with Crippen molar-refractivity contribution in [2.24, 2.45) is 0 Å². The van der Waals surface area contributed by atoms with E-state index in [4.69, 9.17) is 25.8 Å². The number of hydrogen-bond acceptors (Lipinski definition) is 9. The summed E-state index contributed by atoms with van der Waals surface area (Å²) in [6.45, 7) is 1.59. The monoisotopic (exact) mass is 565 g/mol. The Kier molecular flexibility index (Phi) is 7.04. The van der Waals surface area contributed by atoms with E-state index in [1.54, 1.807) is 60.0 Å². The third-order valence-corrected chi connectivity index (χ3v) is 6.88. The van der Waals surface area contributed by atoms with Crippen molar-refractivity contribution in [2.45, 2.75) is 25.1 Å². The second kappa shape index (κ2) is 10.5. The van der Waals surface area contributed by atoms with Gasteiger partial charge < -0.3 is 24.4 Å². The molecule has 1 aliphatic heterocycles. The molecular weight excluding hydrogens is 542 g/mol. The molecule has 0 saturated heterocycles. The topological polar surface area (TPSA) is 158 Å². The first-order chi connectivity index (χ1) is 19.2. The summed E-state index contributed by atoms with van der Waals surface area (Å²) < 4.78 is 18.2. The van der Waals surface area contributed by atoms with Crippen LogP contribution in [-0.4, -0.2) is 62.0 Å². The number of methoxy groups -OCH3 is 2. The van der Waals surface area contributed by atoms with Gasteiger partial charge in [0.25, 0.3) is 0 Å². The Morgan fingerprint density at radius 1 is 1.02 bits per heavy atom. The van der Waals surface area contributed by atoms with E-state index >= 15 is 0 Å². The molecule has 40 heavy (non-hydrogen) atoms. The van der Waals surface area contributed by atoms with Gasteiger partial charge in [-0.15, -0.1) is 0 Å². The quantitative estimate of drug-likeness (QED) is 0.288. The highest BCUT2D eigenvalue weighted by Crippen LogP contribution is 2.43. The molecule has 0 amide bonds. The van der Waals surface area contributed by atoms with Gasteiger partial charge in [-0.05, 0) is 30.7 Å². The number of imidazole rings is 1. The molecule has 0 unspecified atom stereocenters. The molecule has 0 bridgehead atoms. The number of carboxylic acid groups (broad SMARTS) is 2. The minimum Gasteiger partial charge on any atom is -0.481 e. The molecule has 2 atom stereocenters. The Bertz CT molecular complexity index is 1590. The zero-order valence-electron chi connectivity index (χ0n) is 21.6. The van der Waals surface area contributed by atoms with Crippen LogP contribution in [0.4, 0.5) is 0 Å². The first-order valence-electron chi connectivity index (χ1n) is 12.0. The summed E-state index contributed by atoms with van der Waals surface area (Å²) in [7, 11) is 2.78. The van der Waals surface area contributed by atoms with Crippen molar-refractivity contribution in [1.82, 2.24) is 24.8 Å². The highest BCUT2D eigenvalue weighted by atomic mass is 35.5. The van der Waals surface area contributed by atoms with Gasteiger partial charge >= 0.3 is 17.9 Å². The number of nitrogens with one attached hydrogen (secondary N) is 1. The van der Waals surface area contributed by atoms with Crippen LogP contribution in [0.15, 0.2) is 54.6 Å². The summed E-state index contributed by atoms with van der Waals surface area (Å²) in [5, 5.41) is 24.2. The Morgan fingerprint density at radius 2 is 1.70 bits per heavy atom. The smallest absolute Gasteiger partial charge is 0.356 e. The van der Waals surface area contributed by atoms with Gasteiger partial charge in [-0.2, -0.15) is 9.97 Å². The zero-order chi connectivity index (χ0) is 28.6. The Hall–Kier alpha value is -4.68. The van der Waals surface area contributed by atoms with E-state index in [1.807, 2.05) is 0 Å². The molecule has 2 aromatic heterocycles. The number of carboxylic acids is 2. The number of hydrogen-bond donors (Lipinski definition) is 3. The van der Waals surface area contributed by atoms with Crippen molar-refractivity contribution in [1.29, 1.82) is 0 Å². The third-order valence-electron chi connectivity index (χ3n) is 6.65. The van der Waals surface area contributed by atoms with Crippen LogP contribution in [0.2, 0.25) is 5.02 Å². The largest absolute Gasteiger partial charge is 0.481 e. The predicted octanol–water partition coefficient (Wildman–Crippen LogP) is 3.22. The molecule has 13 heteroatoms. The van der Waals surface area contributed by atoms with Gasteiger partial charge in [-0.3, -0.25) is 9.88 Å². The van der Waals surface area contributed by atoms with E-state index < -0.39 is 23.6 Å². The Morgan fingerprint density at radius 3 is 2.30 bits per heavy atom. The van der Waals surface area contributed by atoms with E-state index in [-0.39, 0.29) is 30.0 Å². The van der Waals surface area contributed by atoms with Crippen molar-refractivity contribution in [3.63, 3.8) is 0 Å². The highest BCUT2D eigenvalue weighted by Gasteiger charge is 2.52. The molecule has 0 fully saturated rings. The average Bonchev–Trinajstić information content (AvgIpc) is 3.21. The number of nitrogens with zero attached hydrogens (tertiary/aromatic N) is 4. The maximum Gasteiger partial charge on any atom is 0.356 e. The summed E-state index contributed by atoms with van der Waals surface area (Å²) in [4.78, 5) is 37.8. The summed E-state index contributed by atoms with van der Waals surface area (Å²) in [5.41, 5.74) is -0.0736. The van der Waals surface area contributed by atoms with Gasteiger partial charge in [0.2, 0.25) is 17.9 Å². The third kappa shape index (κ3) is 4.46. The molecule has 3 N–H and O–H groups in total. The van der Waals surface area contributed by atoms with Gasteiger partial charge in [-0.1, -0.05) is 41.9 Å². The minimum absolute atomic E-state index is 0.0842. The molecule has 2 aromatic carbocycles. The lowest BCUT2D eigenvalue weighted by atomic mass is 9.77. The van der Waals surface area contributed by atoms with Crippen LogP contribution in [0.25, 0.3) is 5.69 Å². The average molecular weight is 566 g/mol. The standard InChI is InChI=1S/C27H24ClN5O7/c1-14-30-22(24(34)35)19-13-29-27(15-7-5-4-6-8-15,17-11-16(28)9-10-18(17)33(14)19)23(25(36)37)40-26-31-20(38-2)12-21(32-26)39-3/h4-12,23,29H,13H2,1-3H3,(H,34,35)(H,36,37)/t23-,27+/m1/s1. The molecule has 5 rings (SSSR count). The molecule has 0 radical (unpaired) electrons. The predicted molar refractivity (Wildman–Crippen MR) is 142 cm³/mol. The van der Waals surface area contributed by atoms with Crippen LogP contribution in [0, 0.1) is 6.92 Å². The maximum absolute atomic E-state index is 13.1. The van der Waals surface area contributed by atoms with E-state index in [0.717, 1.165) is 0 Å². The number of aromatic carboxylic acids is 1. The van der Waals surface area contributed by atoms with Gasteiger partial charge in [0, 0.05) is 17.1 Å². The van der Waals surface area contributed by atoms with Crippen LogP contribution in [0.5, 0.6) is 17.8 Å². The molecular formula is C27H24ClN5O7. The highest BCUT2D eigenvalue weighted by molar-refractivity contribution is 6.30. The van der Waals surface area contributed by atoms with Crippen molar-refractivity contribution in [3.05, 3.63) is 88.0 Å². The number of halogens is 1. The lowest BCUT2D eigenvalue weighted by molar-refractivity contribution is -0.149. The molecule has 0 saturated carbocycles. The lowest BCUT2D eigenvalue weighted by Gasteiger charge is -2.39. The van der Waals surface area contributed by atoms with E-state index in [9.17, 15) is 19.8 Å². The van der Waals surface area contributed by atoms with E-state index in [1.165, 1.54) is 20.3 Å². The number of rotatable bonds is 8. The normalized spacial score (nSPS) is 16.7. The number of benzene rings is 2. The molecule has 3 heterocycles. The van der Waals surface area contributed by atoms with Crippen LogP contribution >= 0.6 is 11.6 Å². The van der Waals surface area contributed by atoms with E-state index in [0.29, 0.717) is 33.4 Å². The summed E-state index contributed by atoms with van der Waals surface area (Å²) in [6, 6.07) is 14.9. The fraction of sp³-hybridized carbons (Fsp3) is 0.222. The van der Waals surface area contributed by atoms with Crippen molar-refractivity contribution in [2.75, 3.05) is 14.2 Å². The molecule has 1 aliphatic rings. The van der Waals surface area contributed by atoms with Crippen LogP contribution in [0.3, 0.4) is 0 Å². The lowest BCUT2D eigenvalue weighted by Crippen LogP contribution is -2.58. The van der Waals surface area contributed by atoms with Gasteiger partial charge in [0.15, 0.2) is 5.69 Å². The van der Waals surface area contributed by atoms with Crippen LogP contribution < -0.4 is 19.5 Å². The first kappa shape index (κ1) is 26.9. The molecule has 206 valence electrons. The number of fused-ring (bicyclic) bond motifs is 3. The number of aryl methyl sites for hydroxylation is 1. The Balaban J connectivity index is 1.81. The molecule has 4 aromatic rings. The van der Waals surface area contributed by atoms with Gasteiger partial charge in [-0.25, -0.2) is 14.6 Å². The summed E-state index contributed by atoms with van der Waals surface area (Å²) in [6.07, 6.45) is -1.70. The van der Waals surface area contributed by atoms with Gasteiger partial charge in [0.05, 0.1) is 31.7 Å². The zero-order valence-corrected chi connectivity index (χ0v) is 22.3. The maximum atomic E-state index is 13.1. The number of aromatic nitrogens is 4. The number of aliphatic carboxylic acids is 1. The Labute approximate surface area is 233 Å². The number of ether oxygens (including phenoxy) is 3. The molecule has 0 aliphatic carbocycles. The SMILES string of the molecule is COc1cc(OC)nc(O[C@H](C(=O)O)[C@@]2(c3ccccc3)NCc3c(C(=O)O)nc(C)n3-c3ccc(Cl)cc32)n1. The summed E-state index contributed by atoms with van der Waals surface area (Å²) >= 11 is 6.50. The first-order valence-corrected chi connectivity index (χ1v) is 12.4. The van der Waals surface area contributed by atoms with E-state index in [2.05, 4.69) is 20.3 Å². The van der Waals surface area contributed by atoms with Crippen LogP contribution in [-0.2, 0) is 16.9 Å². The van der Waals surface area contributed by atoms with Crippen molar-refractivity contribution < 1.29 is 34.0 Å². The minimum atomic E-state index is -1.70. The molecule has 12 nitrogen and oxygen atoms in total. The van der Waals surface area contributed by atoms with Crippen molar-refractivity contribution in [3.8, 4) is 23.5 Å². The molecule has 0 spiro atoms. The fourth-order valence-electron chi connectivity index (χ4n) is 4.99. The second-order valence-electron chi connectivity index (χ2n) is 8.86. The second-order valence-corrected chi connectivity index (χ2v) is 9.29. The van der Waals surface area contributed by atoms with Crippen molar-refractivity contribution >= 4 is 23.5 Å². The van der Waals surface area contributed by atoms with Gasteiger partial charge in [0.1, 0.15) is 11.4 Å². The summed E-state index contributed by atoms with van der Waals surface area (Å²) in [5.74, 6) is -1.98. The number of carbonyl (C=O) groups is 2. The fourth-order valence-corrected chi connectivity index (χ4v) is 5.16. The van der Waals surface area contributed by atoms with Crippen LogP contribution in [0.1, 0.15) is 33.1 Å².